The van der Waals surface area contributed by atoms with E-state index < -0.39 is 30.0 Å². The van der Waals surface area contributed by atoms with E-state index in [4.69, 9.17) is 19.9 Å². The van der Waals surface area contributed by atoms with Crippen molar-refractivity contribution >= 4 is 17.3 Å². The van der Waals surface area contributed by atoms with Crippen molar-refractivity contribution in [2.75, 3.05) is 25.7 Å². The molecule has 1 aliphatic heterocycles. The lowest BCUT2D eigenvalue weighted by atomic mass is 9.90. The van der Waals surface area contributed by atoms with E-state index in [0.717, 1.165) is 12.8 Å². The molecule has 0 amide bonds. The van der Waals surface area contributed by atoms with Crippen LogP contribution in [0.15, 0.2) is 18.5 Å². The Hall–Kier alpha value is -2.82. The summed E-state index contributed by atoms with van der Waals surface area (Å²) in [5.74, 6) is 0.294. The van der Waals surface area contributed by atoms with Crippen molar-refractivity contribution in [1.29, 1.82) is 5.26 Å². The first-order valence-corrected chi connectivity index (χ1v) is 11.9. The lowest BCUT2D eigenvalue weighted by Gasteiger charge is -2.25. The highest BCUT2D eigenvalue weighted by Gasteiger charge is 2.56. The van der Waals surface area contributed by atoms with Crippen LogP contribution in [0, 0.1) is 17.2 Å². The van der Waals surface area contributed by atoms with Gasteiger partial charge in [-0.3, -0.25) is 10.1 Å². The molecular formula is C23H32N6O6. The lowest BCUT2D eigenvalue weighted by Crippen LogP contribution is -2.47. The summed E-state index contributed by atoms with van der Waals surface area (Å²) in [5.41, 5.74) is 4.95. The summed E-state index contributed by atoms with van der Waals surface area (Å²) < 4.78 is 18.2. The monoisotopic (exact) mass is 488 g/mol. The maximum Gasteiger partial charge on any atom is 0.322 e. The number of nitrogens with zero attached hydrogens (tertiary/aromatic N) is 4. The number of hydrogen-bond acceptors (Lipinski definition) is 11. The Morgan fingerprint density at radius 3 is 2.91 bits per heavy atom. The number of aromatic nitrogens is 3. The van der Waals surface area contributed by atoms with E-state index in [1.807, 2.05) is 6.07 Å². The van der Waals surface area contributed by atoms with Crippen LogP contribution in [0.1, 0.15) is 50.8 Å². The Balaban J connectivity index is 1.30. The summed E-state index contributed by atoms with van der Waals surface area (Å²) in [7, 11) is 0. The van der Waals surface area contributed by atoms with Crippen LogP contribution < -0.4 is 11.1 Å². The summed E-state index contributed by atoms with van der Waals surface area (Å²) >= 11 is 0. The number of nitrogens with two attached hydrogens (primary N) is 1. The maximum absolute atomic E-state index is 12.2. The van der Waals surface area contributed by atoms with Crippen molar-refractivity contribution in [3.8, 4) is 6.07 Å². The van der Waals surface area contributed by atoms with Gasteiger partial charge in [0, 0.05) is 0 Å². The second-order valence-electron chi connectivity index (χ2n) is 9.23. The van der Waals surface area contributed by atoms with Gasteiger partial charge in [0.25, 0.3) is 0 Å². The molecule has 1 aliphatic carbocycles. The lowest BCUT2D eigenvalue weighted by molar-refractivity contribution is -0.148. The van der Waals surface area contributed by atoms with Crippen LogP contribution >= 0.6 is 0 Å². The number of nitrogens with one attached hydrogen (secondary N) is 1. The highest BCUT2D eigenvalue weighted by atomic mass is 16.6. The smallest absolute Gasteiger partial charge is 0.322 e. The van der Waals surface area contributed by atoms with Gasteiger partial charge in [-0.05, 0) is 37.8 Å². The van der Waals surface area contributed by atoms with Gasteiger partial charge in [-0.15, -0.1) is 0 Å². The Kier molecular flexibility index (Phi) is 7.83. The molecule has 0 aromatic carbocycles. The molecule has 2 fully saturated rings. The number of nitrogen functional groups attached to an aromatic ring is 1. The van der Waals surface area contributed by atoms with E-state index in [9.17, 15) is 20.3 Å². The SMILES string of the molecule is C[C@H](NCOC[C@@]1(C#N)O[C@@H](c2ccc3c(N)ncnn23)[C@H](O)[C@@H]1O)C(=O)OCC1CCCCC1. The summed E-state index contributed by atoms with van der Waals surface area (Å²) in [6, 6.07) is 4.62. The van der Waals surface area contributed by atoms with Crippen LogP contribution in [0.4, 0.5) is 5.82 Å². The summed E-state index contributed by atoms with van der Waals surface area (Å²) in [6.45, 7) is 1.67. The Morgan fingerprint density at radius 1 is 1.40 bits per heavy atom. The second-order valence-corrected chi connectivity index (χ2v) is 9.23. The molecule has 2 aromatic rings. The highest BCUT2D eigenvalue weighted by Crippen LogP contribution is 2.40. The third-order valence-corrected chi connectivity index (χ3v) is 6.79. The number of aliphatic hydroxyl groups excluding tert-OH is 2. The van der Waals surface area contributed by atoms with E-state index in [2.05, 4.69) is 15.4 Å². The number of esters is 1. The zero-order chi connectivity index (χ0) is 25.0. The minimum atomic E-state index is -1.82. The van der Waals surface area contributed by atoms with Crippen LogP contribution in [0.25, 0.3) is 5.52 Å². The molecule has 5 N–H and O–H groups in total. The van der Waals surface area contributed by atoms with Crippen LogP contribution in [0.5, 0.6) is 0 Å². The molecule has 5 atom stereocenters. The second kappa shape index (κ2) is 10.8. The molecular weight excluding hydrogens is 456 g/mol. The van der Waals surface area contributed by atoms with Gasteiger partial charge in [-0.2, -0.15) is 10.4 Å². The van der Waals surface area contributed by atoms with E-state index in [0.29, 0.717) is 23.7 Å². The summed E-state index contributed by atoms with van der Waals surface area (Å²) in [5, 5.41) is 38.1. The minimum absolute atomic E-state index is 0.0855. The maximum atomic E-state index is 12.2. The van der Waals surface area contributed by atoms with Crippen molar-refractivity contribution in [1.82, 2.24) is 19.9 Å². The van der Waals surface area contributed by atoms with Crippen molar-refractivity contribution in [3.05, 3.63) is 24.2 Å². The van der Waals surface area contributed by atoms with Crippen molar-refractivity contribution < 1.29 is 29.2 Å². The number of fused-ring (bicyclic) bond motifs is 1. The van der Waals surface area contributed by atoms with E-state index in [-0.39, 0.29) is 25.1 Å². The Labute approximate surface area is 203 Å². The molecule has 3 heterocycles. The van der Waals surface area contributed by atoms with E-state index in [1.54, 1.807) is 19.1 Å². The average molecular weight is 489 g/mol. The van der Waals surface area contributed by atoms with Crippen molar-refractivity contribution in [2.24, 2.45) is 5.92 Å². The molecule has 4 rings (SSSR count). The van der Waals surface area contributed by atoms with Gasteiger partial charge >= 0.3 is 5.97 Å². The van der Waals surface area contributed by atoms with Crippen molar-refractivity contribution in [2.45, 2.75) is 69.0 Å². The van der Waals surface area contributed by atoms with Gasteiger partial charge in [0.2, 0.25) is 5.60 Å². The van der Waals surface area contributed by atoms with Gasteiger partial charge in [0.05, 0.1) is 25.6 Å². The number of carbonyl (C=O) groups excluding carboxylic acids is 1. The topological polar surface area (TPSA) is 177 Å². The molecule has 190 valence electrons. The predicted molar refractivity (Wildman–Crippen MR) is 123 cm³/mol. The van der Waals surface area contributed by atoms with Gasteiger partial charge in [0.15, 0.2) is 5.82 Å². The zero-order valence-electron chi connectivity index (χ0n) is 19.7. The quantitative estimate of drug-likeness (QED) is 0.219. The number of carbonyl (C=O) groups is 1. The molecule has 35 heavy (non-hydrogen) atoms. The molecule has 0 bridgehead atoms. The largest absolute Gasteiger partial charge is 0.464 e. The molecule has 1 saturated carbocycles. The number of hydrogen-bond donors (Lipinski definition) is 4. The van der Waals surface area contributed by atoms with Gasteiger partial charge in [-0.1, -0.05) is 19.3 Å². The third kappa shape index (κ3) is 5.24. The molecule has 2 aromatic heterocycles. The number of aliphatic hydroxyl groups is 2. The molecule has 0 radical (unpaired) electrons. The van der Waals surface area contributed by atoms with Crippen LogP contribution in [0.2, 0.25) is 0 Å². The Bertz CT molecular complexity index is 1070. The minimum Gasteiger partial charge on any atom is -0.464 e. The normalized spacial score (nSPS) is 28.1. The van der Waals surface area contributed by atoms with Gasteiger partial charge in [-0.25, -0.2) is 9.50 Å². The van der Waals surface area contributed by atoms with Crippen molar-refractivity contribution in [3.63, 3.8) is 0 Å². The first-order chi connectivity index (χ1) is 16.9. The number of nitriles is 1. The third-order valence-electron chi connectivity index (χ3n) is 6.79. The van der Waals surface area contributed by atoms with Crippen LogP contribution in [-0.2, 0) is 19.0 Å². The fraction of sp³-hybridized carbons (Fsp3) is 0.652. The van der Waals surface area contributed by atoms with Crippen LogP contribution in [-0.4, -0.2) is 74.6 Å². The van der Waals surface area contributed by atoms with E-state index >= 15 is 0 Å². The number of ether oxygens (including phenoxy) is 3. The van der Waals surface area contributed by atoms with Crippen LogP contribution in [0.3, 0.4) is 0 Å². The molecule has 0 spiro atoms. The van der Waals surface area contributed by atoms with Gasteiger partial charge in [0.1, 0.15) is 42.3 Å². The molecule has 0 unspecified atom stereocenters. The molecule has 2 aliphatic rings. The molecule has 12 heteroatoms. The molecule has 1 saturated heterocycles. The first-order valence-electron chi connectivity index (χ1n) is 11.9. The highest BCUT2D eigenvalue weighted by molar-refractivity contribution is 5.75. The Morgan fingerprint density at radius 2 is 2.17 bits per heavy atom. The number of anilines is 1. The fourth-order valence-corrected chi connectivity index (χ4v) is 4.62. The summed E-state index contributed by atoms with van der Waals surface area (Å²) in [4.78, 5) is 16.2. The first kappa shape index (κ1) is 25.3. The zero-order valence-corrected chi connectivity index (χ0v) is 19.7. The average Bonchev–Trinajstić information content (AvgIpc) is 3.41. The number of rotatable bonds is 9. The van der Waals surface area contributed by atoms with E-state index in [1.165, 1.54) is 30.1 Å². The van der Waals surface area contributed by atoms with Gasteiger partial charge < -0.3 is 30.2 Å². The molecule has 12 nitrogen and oxygen atoms in total. The summed E-state index contributed by atoms with van der Waals surface area (Å²) in [6.07, 6.45) is 3.03. The standard InChI is InChI=1S/C23H32N6O6/c1-14(22(32)34-9-15-5-3-2-4-6-15)27-13-33-11-23(10-24)20(31)18(30)19(35-23)16-7-8-17-21(25)26-12-28-29(16)17/h7-8,12,14-15,18-20,27,30-31H,2-6,9,11,13H2,1H3,(H2,25,26,28)/t14-,18-,19-,20-,23+/m0/s1. The fourth-order valence-electron chi connectivity index (χ4n) is 4.62. The predicted octanol–water partition coefficient (Wildman–Crippen LogP) is 0.443.